The zero-order valence-corrected chi connectivity index (χ0v) is 13.4. The van der Waals surface area contributed by atoms with Crippen LogP contribution in [0.5, 0.6) is 0 Å². The molecule has 5 nitrogen and oxygen atoms in total. The zero-order valence-electron chi connectivity index (χ0n) is 13.4. The SMILES string of the molecule is O=C1N[C@]2(C[C@H]3CC[C@H]2N3Cc2ccncc2)Nc2ccccc21. The highest BCUT2D eigenvalue weighted by Crippen LogP contribution is 2.47. The lowest BCUT2D eigenvalue weighted by atomic mass is 9.86. The Kier molecular flexibility index (Phi) is 2.94. The Morgan fingerprint density at radius 2 is 1.96 bits per heavy atom. The second kappa shape index (κ2) is 5.05. The molecule has 1 aromatic carbocycles. The molecule has 2 aromatic rings. The minimum atomic E-state index is -0.332. The minimum absolute atomic E-state index is 0.0424. The molecule has 2 N–H and O–H groups in total. The number of fused-ring (bicyclic) bond motifs is 4. The lowest BCUT2D eigenvalue weighted by Gasteiger charge is -2.43. The predicted molar refractivity (Wildman–Crippen MR) is 91.5 cm³/mol. The molecule has 1 spiro atoms. The maximum absolute atomic E-state index is 12.6. The van der Waals surface area contributed by atoms with Crippen LogP contribution in [0.25, 0.3) is 0 Å². The Bertz CT molecular complexity index is 793. The minimum Gasteiger partial charge on any atom is -0.361 e. The second-order valence-electron chi connectivity index (χ2n) is 7.07. The number of para-hydroxylation sites is 1. The van der Waals surface area contributed by atoms with E-state index in [2.05, 4.69) is 32.7 Å². The second-order valence-corrected chi connectivity index (χ2v) is 7.07. The molecule has 2 saturated heterocycles. The number of aromatic nitrogens is 1. The largest absolute Gasteiger partial charge is 0.361 e. The Labute approximate surface area is 141 Å². The molecule has 3 aliphatic rings. The van der Waals surface area contributed by atoms with Gasteiger partial charge in [0.25, 0.3) is 5.91 Å². The summed E-state index contributed by atoms with van der Waals surface area (Å²) in [5, 5.41) is 6.96. The quantitative estimate of drug-likeness (QED) is 0.892. The molecule has 1 amide bonds. The number of hydrogen-bond acceptors (Lipinski definition) is 4. The number of anilines is 1. The van der Waals surface area contributed by atoms with Crippen LogP contribution in [0.4, 0.5) is 5.69 Å². The normalized spacial score (nSPS) is 30.9. The van der Waals surface area contributed by atoms with Gasteiger partial charge in [-0.3, -0.25) is 14.7 Å². The molecule has 4 heterocycles. The summed E-state index contributed by atoms with van der Waals surface area (Å²) in [5.41, 5.74) is 2.65. The molecule has 2 bridgehead atoms. The van der Waals surface area contributed by atoms with Crippen molar-refractivity contribution in [2.24, 2.45) is 0 Å². The molecule has 122 valence electrons. The van der Waals surface area contributed by atoms with Crippen molar-refractivity contribution < 1.29 is 4.79 Å². The van der Waals surface area contributed by atoms with Crippen LogP contribution in [0.2, 0.25) is 0 Å². The van der Waals surface area contributed by atoms with E-state index in [0.717, 1.165) is 30.6 Å². The van der Waals surface area contributed by atoms with Gasteiger partial charge < -0.3 is 10.6 Å². The van der Waals surface area contributed by atoms with Gasteiger partial charge in [-0.2, -0.15) is 0 Å². The zero-order chi connectivity index (χ0) is 16.1. The van der Waals surface area contributed by atoms with Gasteiger partial charge in [-0.15, -0.1) is 0 Å². The molecule has 24 heavy (non-hydrogen) atoms. The van der Waals surface area contributed by atoms with E-state index in [-0.39, 0.29) is 11.6 Å². The fraction of sp³-hybridized carbons (Fsp3) is 0.368. The number of amides is 1. The fourth-order valence-electron chi connectivity index (χ4n) is 4.73. The van der Waals surface area contributed by atoms with E-state index in [9.17, 15) is 4.79 Å². The van der Waals surface area contributed by atoms with E-state index < -0.39 is 0 Å². The van der Waals surface area contributed by atoms with Gasteiger partial charge in [0.05, 0.1) is 11.6 Å². The maximum atomic E-state index is 12.6. The van der Waals surface area contributed by atoms with Gasteiger partial charge in [-0.1, -0.05) is 12.1 Å². The van der Waals surface area contributed by atoms with Crippen molar-refractivity contribution in [3.05, 3.63) is 59.9 Å². The number of carbonyl (C=O) groups is 1. The Morgan fingerprint density at radius 3 is 2.83 bits per heavy atom. The van der Waals surface area contributed by atoms with E-state index in [1.807, 2.05) is 36.7 Å². The molecule has 5 heteroatoms. The van der Waals surface area contributed by atoms with E-state index in [1.165, 1.54) is 12.0 Å². The Morgan fingerprint density at radius 1 is 1.12 bits per heavy atom. The van der Waals surface area contributed by atoms with E-state index in [0.29, 0.717) is 12.1 Å². The topological polar surface area (TPSA) is 57.3 Å². The first kappa shape index (κ1) is 14.0. The third-order valence-corrected chi connectivity index (χ3v) is 5.75. The Balaban J connectivity index is 1.46. The molecular formula is C19H20N4O. The summed E-state index contributed by atoms with van der Waals surface area (Å²) in [7, 11) is 0. The van der Waals surface area contributed by atoms with Crippen LogP contribution in [0, 0.1) is 0 Å². The van der Waals surface area contributed by atoms with Gasteiger partial charge in [0.1, 0.15) is 5.66 Å². The van der Waals surface area contributed by atoms with Crippen molar-refractivity contribution in [2.75, 3.05) is 5.32 Å². The number of hydrogen-bond donors (Lipinski definition) is 2. The molecule has 0 radical (unpaired) electrons. The van der Waals surface area contributed by atoms with E-state index in [1.54, 1.807) is 0 Å². The molecule has 0 unspecified atom stereocenters. The van der Waals surface area contributed by atoms with Crippen molar-refractivity contribution in [1.82, 2.24) is 15.2 Å². The third kappa shape index (κ3) is 1.97. The van der Waals surface area contributed by atoms with E-state index in [4.69, 9.17) is 0 Å². The van der Waals surface area contributed by atoms with E-state index >= 15 is 0 Å². The first-order chi connectivity index (χ1) is 11.8. The van der Waals surface area contributed by atoms with Gasteiger partial charge >= 0.3 is 0 Å². The number of rotatable bonds is 2. The molecule has 1 aromatic heterocycles. The molecule has 2 fully saturated rings. The predicted octanol–water partition coefficient (Wildman–Crippen LogP) is 2.37. The molecular weight excluding hydrogens is 300 g/mol. The standard InChI is InChI=1S/C19H20N4O/c24-18-15-3-1-2-4-16(15)21-19(22-18)11-14-5-6-17(19)23(14)12-13-7-9-20-10-8-13/h1-4,7-10,14,17,21H,5-6,11-12H2,(H,22,24)/t14-,17-,19+/m1/s1. The van der Waals surface area contributed by atoms with Crippen molar-refractivity contribution in [1.29, 1.82) is 0 Å². The molecule has 0 aliphatic carbocycles. The van der Waals surface area contributed by atoms with Gasteiger partial charge in [0, 0.05) is 37.1 Å². The number of benzene rings is 1. The average molecular weight is 320 g/mol. The summed E-state index contributed by atoms with van der Waals surface area (Å²) in [6.45, 7) is 0.915. The van der Waals surface area contributed by atoms with Crippen LogP contribution >= 0.6 is 0 Å². The van der Waals surface area contributed by atoms with Crippen LogP contribution in [0.1, 0.15) is 35.2 Å². The molecule has 0 saturated carbocycles. The maximum Gasteiger partial charge on any atom is 0.255 e. The monoisotopic (exact) mass is 320 g/mol. The van der Waals surface area contributed by atoms with Crippen LogP contribution < -0.4 is 10.6 Å². The summed E-state index contributed by atoms with van der Waals surface area (Å²) in [6.07, 6.45) is 6.98. The van der Waals surface area contributed by atoms with Gasteiger partial charge in [-0.25, -0.2) is 0 Å². The molecule has 5 rings (SSSR count). The highest BCUT2D eigenvalue weighted by atomic mass is 16.2. The van der Waals surface area contributed by atoms with Crippen molar-refractivity contribution in [3.63, 3.8) is 0 Å². The summed E-state index contributed by atoms with van der Waals surface area (Å²) in [6, 6.07) is 12.8. The van der Waals surface area contributed by atoms with Crippen LogP contribution in [-0.2, 0) is 6.54 Å². The summed E-state index contributed by atoms with van der Waals surface area (Å²) < 4.78 is 0. The summed E-state index contributed by atoms with van der Waals surface area (Å²) >= 11 is 0. The van der Waals surface area contributed by atoms with Crippen molar-refractivity contribution in [3.8, 4) is 0 Å². The highest BCUT2D eigenvalue weighted by Gasteiger charge is 2.58. The average Bonchev–Trinajstić information content (AvgIpc) is 3.10. The molecule has 3 atom stereocenters. The van der Waals surface area contributed by atoms with Crippen LogP contribution in [0.15, 0.2) is 48.8 Å². The third-order valence-electron chi connectivity index (χ3n) is 5.75. The highest BCUT2D eigenvalue weighted by molar-refractivity contribution is 6.02. The fourth-order valence-corrected chi connectivity index (χ4v) is 4.73. The van der Waals surface area contributed by atoms with Gasteiger partial charge in [-0.05, 0) is 42.7 Å². The Hall–Kier alpha value is -2.40. The summed E-state index contributed by atoms with van der Waals surface area (Å²) in [5.74, 6) is 0.0424. The van der Waals surface area contributed by atoms with Gasteiger partial charge in [0.15, 0.2) is 0 Å². The number of nitrogens with one attached hydrogen (secondary N) is 2. The van der Waals surface area contributed by atoms with Gasteiger partial charge in [0.2, 0.25) is 0 Å². The van der Waals surface area contributed by atoms with Crippen LogP contribution in [0.3, 0.4) is 0 Å². The first-order valence-corrected chi connectivity index (χ1v) is 8.60. The number of pyridine rings is 1. The number of carbonyl (C=O) groups excluding carboxylic acids is 1. The number of nitrogens with zero attached hydrogens (tertiary/aromatic N) is 2. The molecule has 3 aliphatic heterocycles. The smallest absolute Gasteiger partial charge is 0.255 e. The van der Waals surface area contributed by atoms with Crippen molar-refractivity contribution in [2.45, 2.75) is 43.6 Å². The lowest BCUT2D eigenvalue weighted by Crippen LogP contribution is -2.64. The van der Waals surface area contributed by atoms with Crippen LogP contribution in [-0.4, -0.2) is 33.5 Å². The van der Waals surface area contributed by atoms with Crippen molar-refractivity contribution >= 4 is 11.6 Å². The first-order valence-electron chi connectivity index (χ1n) is 8.60. The lowest BCUT2D eigenvalue weighted by molar-refractivity contribution is 0.0870. The summed E-state index contributed by atoms with van der Waals surface area (Å²) in [4.78, 5) is 19.3.